The standard InChI is InChI=1S/C23H24N6O2S2/c1-14-17(29-12-13-32-22(29)26-14)20(31)25-10-11-28(2)23(8-9-23)19(30)16-18(33-21(24)27-16)15-6-4-3-5-7-15/h3-7,12-13H,8-11H2,1-2H3,(H2,24,27)(H,25,31). The van der Waals surface area contributed by atoms with Gasteiger partial charge in [-0.05, 0) is 32.4 Å². The number of carbonyl (C=O) groups is 2. The molecule has 0 unspecified atom stereocenters. The quantitative estimate of drug-likeness (QED) is 0.374. The summed E-state index contributed by atoms with van der Waals surface area (Å²) in [5.74, 6) is -0.170. The Morgan fingerprint density at radius 1 is 1.24 bits per heavy atom. The van der Waals surface area contributed by atoms with Crippen molar-refractivity contribution in [2.45, 2.75) is 25.3 Å². The maximum Gasteiger partial charge on any atom is 0.270 e. The number of rotatable bonds is 8. The Bertz CT molecular complexity index is 1340. The number of nitrogens with one attached hydrogen (secondary N) is 1. The van der Waals surface area contributed by atoms with Gasteiger partial charge in [-0.25, -0.2) is 9.97 Å². The summed E-state index contributed by atoms with van der Waals surface area (Å²) in [5.41, 5.74) is 8.03. The van der Waals surface area contributed by atoms with Crippen molar-refractivity contribution in [1.82, 2.24) is 24.6 Å². The van der Waals surface area contributed by atoms with E-state index in [4.69, 9.17) is 5.73 Å². The predicted octanol–water partition coefficient (Wildman–Crippen LogP) is 3.49. The molecular formula is C23H24N6O2S2. The Hall–Kier alpha value is -3.08. The molecule has 10 heteroatoms. The highest BCUT2D eigenvalue weighted by atomic mass is 32.1. The van der Waals surface area contributed by atoms with E-state index in [-0.39, 0.29) is 11.7 Å². The van der Waals surface area contributed by atoms with E-state index in [0.717, 1.165) is 28.2 Å². The third-order valence-electron chi connectivity index (χ3n) is 6.16. The molecule has 0 atom stereocenters. The van der Waals surface area contributed by atoms with Gasteiger partial charge in [-0.15, -0.1) is 11.3 Å². The van der Waals surface area contributed by atoms with Crippen molar-refractivity contribution >= 4 is 44.5 Å². The van der Waals surface area contributed by atoms with Crippen LogP contribution in [-0.4, -0.2) is 56.6 Å². The zero-order valence-electron chi connectivity index (χ0n) is 18.4. The van der Waals surface area contributed by atoms with E-state index in [9.17, 15) is 9.59 Å². The first-order valence-electron chi connectivity index (χ1n) is 10.7. The number of carbonyl (C=O) groups excluding carboxylic acids is 2. The number of aromatic nitrogens is 3. The van der Waals surface area contributed by atoms with Crippen molar-refractivity contribution in [3.8, 4) is 10.4 Å². The first-order chi connectivity index (χ1) is 15.9. The normalized spacial score (nSPS) is 14.6. The molecule has 1 aliphatic carbocycles. The number of nitrogen functional groups attached to an aromatic ring is 1. The summed E-state index contributed by atoms with van der Waals surface area (Å²) in [5, 5.41) is 5.27. The minimum Gasteiger partial charge on any atom is -0.375 e. The second-order valence-electron chi connectivity index (χ2n) is 8.24. The van der Waals surface area contributed by atoms with Gasteiger partial charge in [0.1, 0.15) is 11.4 Å². The number of likely N-dealkylation sites (N-methyl/N-ethyl adjacent to an activating group) is 1. The van der Waals surface area contributed by atoms with Crippen LogP contribution in [0.5, 0.6) is 0 Å². The van der Waals surface area contributed by atoms with Crippen molar-refractivity contribution in [3.63, 3.8) is 0 Å². The van der Waals surface area contributed by atoms with Crippen molar-refractivity contribution in [3.05, 3.63) is 59.0 Å². The van der Waals surface area contributed by atoms with E-state index in [2.05, 4.69) is 15.3 Å². The van der Waals surface area contributed by atoms with Crippen LogP contribution in [0.3, 0.4) is 0 Å². The Balaban J connectivity index is 1.27. The van der Waals surface area contributed by atoms with E-state index >= 15 is 0 Å². The van der Waals surface area contributed by atoms with Crippen LogP contribution in [0.25, 0.3) is 15.4 Å². The number of hydrogen-bond acceptors (Lipinski definition) is 8. The molecule has 0 spiro atoms. The summed E-state index contributed by atoms with van der Waals surface area (Å²) in [7, 11) is 1.93. The third kappa shape index (κ3) is 3.84. The molecule has 0 saturated heterocycles. The maximum atomic E-state index is 13.6. The average Bonchev–Trinajstić information content (AvgIpc) is 3.19. The lowest BCUT2D eigenvalue weighted by Gasteiger charge is -2.26. The second-order valence-corrected chi connectivity index (χ2v) is 10.1. The number of nitrogens with zero attached hydrogens (tertiary/aromatic N) is 4. The van der Waals surface area contributed by atoms with E-state index in [1.807, 2.05) is 65.2 Å². The van der Waals surface area contributed by atoms with E-state index in [1.165, 1.54) is 22.7 Å². The number of aryl methyl sites for hydroxylation is 1. The monoisotopic (exact) mass is 480 g/mol. The van der Waals surface area contributed by atoms with Gasteiger partial charge in [0.15, 0.2) is 10.1 Å². The second kappa shape index (κ2) is 8.36. The number of hydrogen-bond donors (Lipinski definition) is 2. The van der Waals surface area contributed by atoms with Crippen LogP contribution in [0.2, 0.25) is 0 Å². The number of imidazole rings is 1. The highest BCUT2D eigenvalue weighted by Crippen LogP contribution is 2.45. The molecule has 5 rings (SSSR count). The van der Waals surface area contributed by atoms with Crippen LogP contribution >= 0.6 is 22.7 Å². The Kier molecular flexibility index (Phi) is 5.51. The zero-order chi connectivity index (χ0) is 23.2. The van der Waals surface area contributed by atoms with Gasteiger partial charge in [0.05, 0.1) is 16.1 Å². The molecule has 1 aliphatic rings. The SMILES string of the molecule is Cc1nc2sccn2c1C(=O)NCCN(C)C1(C(=O)c2nc(N)sc2-c2ccccc2)CC1. The number of fused-ring (bicyclic) bond motifs is 1. The predicted molar refractivity (Wildman–Crippen MR) is 131 cm³/mol. The third-order valence-corrected chi connectivity index (χ3v) is 7.85. The molecule has 33 heavy (non-hydrogen) atoms. The molecule has 3 heterocycles. The Morgan fingerprint density at radius 3 is 2.73 bits per heavy atom. The van der Waals surface area contributed by atoms with E-state index in [0.29, 0.717) is 35.3 Å². The Labute approximate surface area is 199 Å². The highest BCUT2D eigenvalue weighted by molar-refractivity contribution is 7.19. The summed E-state index contributed by atoms with van der Waals surface area (Å²) in [4.78, 5) is 38.8. The topological polar surface area (TPSA) is 106 Å². The minimum atomic E-state index is -0.595. The number of benzene rings is 1. The summed E-state index contributed by atoms with van der Waals surface area (Å²) in [6, 6.07) is 9.74. The molecule has 1 fully saturated rings. The fourth-order valence-corrected chi connectivity index (χ4v) is 5.79. The summed E-state index contributed by atoms with van der Waals surface area (Å²) < 4.78 is 1.81. The highest BCUT2D eigenvalue weighted by Gasteiger charge is 2.54. The van der Waals surface area contributed by atoms with Gasteiger partial charge in [0.25, 0.3) is 5.91 Å². The van der Waals surface area contributed by atoms with E-state index < -0.39 is 5.54 Å². The van der Waals surface area contributed by atoms with Crippen LogP contribution in [0.15, 0.2) is 41.9 Å². The molecule has 0 radical (unpaired) electrons. The summed E-state index contributed by atoms with van der Waals surface area (Å²) in [6.07, 6.45) is 3.38. The lowest BCUT2D eigenvalue weighted by Crippen LogP contribution is -2.45. The number of ketones is 1. The molecular weight excluding hydrogens is 456 g/mol. The van der Waals surface area contributed by atoms with Gasteiger partial charge in [-0.3, -0.25) is 18.9 Å². The van der Waals surface area contributed by atoms with Crippen LogP contribution < -0.4 is 11.1 Å². The molecule has 1 saturated carbocycles. The minimum absolute atomic E-state index is 0.00486. The van der Waals surface area contributed by atoms with Crippen molar-refractivity contribution < 1.29 is 9.59 Å². The van der Waals surface area contributed by atoms with Gasteiger partial charge >= 0.3 is 0 Å². The number of Topliss-reactive ketones (excluding diaryl/α,β-unsaturated/α-hetero) is 1. The number of amides is 1. The molecule has 8 nitrogen and oxygen atoms in total. The fourth-order valence-electron chi connectivity index (χ4n) is 4.20. The first kappa shape index (κ1) is 21.7. The molecule has 170 valence electrons. The van der Waals surface area contributed by atoms with Gasteiger partial charge < -0.3 is 11.1 Å². The number of anilines is 1. The molecule has 4 aromatic rings. The lowest BCUT2D eigenvalue weighted by molar-refractivity contribution is 0.0811. The van der Waals surface area contributed by atoms with Crippen LogP contribution in [-0.2, 0) is 0 Å². The molecule has 0 aliphatic heterocycles. The van der Waals surface area contributed by atoms with Gasteiger partial charge in [0.2, 0.25) is 5.78 Å². The van der Waals surface area contributed by atoms with E-state index in [1.54, 1.807) is 0 Å². The van der Waals surface area contributed by atoms with Crippen molar-refractivity contribution in [2.75, 3.05) is 25.9 Å². The Morgan fingerprint density at radius 2 is 2.00 bits per heavy atom. The maximum absolute atomic E-state index is 13.6. The zero-order valence-corrected chi connectivity index (χ0v) is 20.0. The number of nitrogens with two attached hydrogens (primary N) is 1. The lowest BCUT2D eigenvalue weighted by atomic mass is 10.0. The smallest absolute Gasteiger partial charge is 0.270 e. The summed E-state index contributed by atoms with van der Waals surface area (Å²) >= 11 is 2.83. The van der Waals surface area contributed by atoms with Crippen molar-refractivity contribution in [2.24, 2.45) is 0 Å². The molecule has 1 aromatic carbocycles. The molecule has 0 bridgehead atoms. The van der Waals surface area contributed by atoms with Gasteiger partial charge in [-0.2, -0.15) is 0 Å². The van der Waals surface area contributed by atoms with Crippen LogP contribution in [0, 0.1) is 6.92 Å². The van der Waals surface area contributed by atoms with Gasteiger partial charge in [-0.1, -0.05) is 41.7 Å². The molecule has 3 aromatic heterocycles. The largest absolute Gasteiger partial charge is 0.375 e. The van der Waals surface area contributed by atoms with Gasteiger partial charge in [0, 0.05) is 24.7 Å². The van der Waals surface area contributed by atoms with Crippen LogP contribution in [0.4, 0.5) is 5.13 Å². The average molecular weight is 481 g/mol. The summed E-state index contributed by atoms with van der Waals surface area (Å²) in [6.45, 7) is 2.80. The van der Waals surface area contributed by atoms with Crippen molar-refractivity contribution in [1.29, 1.82) is 0 Å². The molecule has 3 N–H and O–H groups in total. The van der Waals surface area contributed by atoms with Crippen LogP contribution in [0.1, 0.15) is 39.5 Å². The first-order valence-corrected chi connectivity index (χ1v) is 12.4. The fraction of sp³-hybridized carbons (Fsp3) is 0.304. The number of thiazole rings is 2. The molecule has 1 amide bonds.